The molecule has 730 valence electrons. The van der Waals surface area contributed by atoms with E-state index in [0.717, 1.165) is 56.2 Å². The number of aliphatic hydroxyl groups is 3. The highest BCUT2D eigenvalue weighted by Crippen LogP contribution is 2.31. The molecule has 0 saturated heterocycles. The van der Waals surface area contributed by atoms with Crippen LogP contribution in [-0.4, -0.2) is 227 Å². The molecule has 1 rings (SSSR count). The Morgan fingerprint density at radius 3 is 0.931 bits per heavy atom. The molecule has 21 nitrogen and oxygen atoms in total. The normalized spacial score (nSPS) is 12.2. The molecule has 4 unspecified atom stereocenters. The standard InChI is InChI=1S/C22H66O10Si10.C14H22O2.C8H20O3Si.C8H16O2S.C6H14O2.C5H14OSi.C4H10O.15CH4/c1-23-34(5,6)25-36(9,10)27-38(13,14)29-40(17,18)31-42(21,22)32-41(19,20)30-39(15,16)28-37(11,12)26-35(7,8)24-33(2,3)4;1-3-5-8-12-9-6-7-10-14(12)16-11-13(15)4-2;1-5-8(9)6-11-7-12(3,4)10-2;1-4-10-8(9)7(3)6-11-5-2;1-3-6(7)5-8-4-2;1-5-7(3,4)6-2;1-3-5-4-2;;;;;;;;;;;;;;;/h1-22H3;6-7,9-10,13,15H,3-5,8,11H2,1-2H3;8-9H,5-7H2,1-4H3;7H,4-6H2,1-3H3;6-7H,3-5H2,1-2H3;5H2,1-4H3;3-4H2,1-2H3;15*1H4. The maximum atomic E-state index is 11.0. The third kappa shape index (κ3) is 109. The first-order chi connectivity index (χ1) is 45.8. The van der Waals surface area contributed by atoms with Gasteiger partial charge in [0.2, 0.25) is 8.32 Å². The maximum Gasteiger partial charge on any atom is 0.322 e. The first-order valence-electron chi connectivity index (χ1n) is 37.0. The summed E-state index contributed by atoms with van der Waals surface area (Å²) in [7, 11) is -22.0. The molecule has 0 radical (unpaired) electrons. The molecular weight excluding hydrogens is 1690 g/mol. The van der Waals surface area contributed by atoms with E-state index in [9.17, 15) is 15.0 Å². The zero-order chi connectivity index (χ0) is 80.6. The number of carbonyl (C=O) groups excluding carboxylic acids is 1. The second-order valence-corrected chi connectivity index (χ2v) is 77.9. The number of para-hydroxylation sites is 1. The number of thioether (sulfide) groups is 1. The Kier molecular flexibility index (Phi) is 127. The molecule has 0 heterocycles. The summed E-state index contributed by atoms with van der Waals surface area (Å²) in [4.78, 5) is 11.0. The zero-order valence-corrected chi connectivity index (χ0v) is 85.1. The summed E-state index contributed by atoms with van der Waals surface area (Å²) in [5, 5.41) is 27.5. The number of aryl methyl sites for hydroxylation is 1. The van der Waals surface area contributed by atoms with Crippen LogP contribution in [0.5, 0.6) is 5.75 Å². The molecule has 0 aliphatic carbocycles. The molecule has 0 saturated carbocycles. The van der Waals surface area contributed by atoms with Gasteiger partial charge in [-0.1, -0.05) is 184 Å². The van der Waals surface area contributed by atoms with Crippen molar-refractivity contribution in [1.29, 1.82) is 0 Å². The number of unbranched alkanes of at least 4 members (excludes halogenated alkanes) is 1. The molecule has 3 N–H and O–H groups in total. The van der Waals surface area contributed by atoms with Crippen molar-refractivity contribution in [3.63, 3.8) is 0 Å². The van der Waals surface area contributed by atoms with Crippen LogP contribution in [-0.2, 0) is 80.5 Å². The monoisotopic (exact) mass is 1910 g/mol. The van der Waals surface area contributed by atoms with E-state index in [1.807, 2.05) is 99.8 Å². The van der Waals surface area contributed by atoms with Gasteiger partial charge >= 0.3 is 83.0 Å². The third-order valence-electron chi connectivity index (χ3n) is 13.5. The van der Waals surface area contributed by atoms with Gasteiger partial charge < -0.3 is 89.3 Å². The summed E-state index contributed by atoms with van der Waals surface area (Å²) >= 11 is 1.77. The Bertz CT molecular complexity index is 2170. The van der Waals surface area contributed by atoms with E-state index in [1.165, 1.54) is 24.4 Å². The van der Waals surface area contributed by atoms with Crippen LogP contribution in [0.2, 0.25) is 170 Å². The number of esters is 1. The molecule has 116 heavy (non-hydrogen) atoms. The average molecular weight is 1910 g/mol. The van der Waals surface area contributed by atoms with Gasteiger partial charge in [0.05, 0.1) is 50.3 Å². The number of ether oxygens (including phenoxy) is 5. The van der Waals surface area contributed by atoms with E-state index in [0.29, 0.717) is 39.3 Å². The Morgan fingerprint density at radius 2 is 0.681 bits per heavy atom. The van der Waals surface area contributed by atoms with E-state index < -0.39 is 102 Å². The van der Waals surface area contributed by atoms with Crippen molar-refractivity contribution < 1.29 is 94.1 Å². The van der Waals surface area contributed by atoms with Crippen LogP contribution < -0.4 is 4.74 Å². The number of aliphatic hydroxyl groups excluding tert-OH is 3. The Labute approximate surface area is 749 Å². The predicted molar refractivity (Wildman–Crippen MR) is 556 cm³/mol. The fourth-order valence-corrected chi connectivity index (χ4v) is 59.4. The van der Waals surface area contributed by atoms with Crippen LogP contribution in [0.25, 0.3) is 0 Å². The van der Waals surface area contributed by atoms with Crippen LogP contribution in [0, 0.1) is 5.92 Å². The minimum atomic E-state index is -2.65. The number of benzene rings is 1. The van der Waals surface area contributed by atoms with Gasteiger partial charge in [0.1, 0.15) is 12.4 Å². The van der Waals surface area contributed by atoms with Crippen LogP contribution in [0.15, 0.2) is 24.3 Å². The Hall–Kier alpha value is 0.723. The van der Waals surface area contributed by atoms with Crippen LogP contribution in [0.3, 0.4) is 0 Å². The lowest BCUT2D eigenvalue weighted by Crippen LogP contribution is -2.62. The SMILES string of the molecule is C.C.C.C.C.C.C.C.C.C.C.C.C.C.C.CCC(O)COC[Si](C)(C)OC.CCCCc1ccccc1OCC(O)CC.CCOC(=O)C(C)CSCC.CCOCC.CCOCC(O)CC.CC[Si](C)(C)OC.CO[Si](C)(C)O[Si](C)(C)O[Si](C)(C)O[Si](C)(C)O[Si](C)(C)O[Si](C)(C)O[Si](C)(C)O[Si](C)(C)O[Si](C)(C)O[Si](C)(C)C. The Morgan fingerprint density at radius 1 is 0.379 bits per heavy atom. The van der Waals surface area contributed by atoms with Crippen LogP contribution in [0.1, 0.15) is 225 Å². The molecule has 0 aliphatic rings. The fourth-order valence-electron chi connectivity index (χ4n) is 9.19. The molecule has 0 fully saturated rings. The molecule has 0 aromatic heterocycles. The highest BCUT2D eigenvalue weighted by molar-refractivity contribution is 7.99. The van der Waals surface area contributed by atoms with E-state index in [2.05, 4.69) is 164 Å². The lowest BCUT2D eigenvalue weighted by atomic mass is 10.1. The summed E-state index contributed by atoms with van der Waals surface area (Å²) in [6.07, 6.45) is 5.37. The largest absolute Gasteiger partial charge is 0.491 e. The van der Waals surface area contributed by atoms with E-state index in [1.54, 1.807) is 33.1 Å². The van der Waals surface area contributed by atoms with Gasteiger partial charge in [-0.25, -0.2) is 0 Å². The van der Waals surface area contributed by atoms with Crippen molar-refractivity contribution in [2.75, 3.05) is 85.3 Å². The molecule has 0 spiro atoms. The van der Waals surface area contributed by atoms with Crippen molar-refractivity contribution in [3.8, 4) is 5.75 Å². The Balaban J connectivity index is -0.0000000535. The number of carbonyl (C=O) groups is 1. The first-order valence-corrected chi connectivity index (χ1v) is 73.1. The highest BCUT2D eigenvalue weighted by atomic mass is 32.2. The van der Waals surface area contributed by atoms with Crippen LogP contribution >= 0.6 is 11.8 Å². The minimum Gasteiger partial charge on any atom is -0.491 e. The van der Waals surface area contributed by atoms with Crippen molar-refractivity contribution >= 4 is 120 Å². The highest BCUT2D eigenvalue weighted by Gasteiger charge is 2.50. The predicted octanol–water partition coefficient (Wildman–Crippen LogP) is 27.5. The smallest absolute Gasteiger partial charge is 0.322 e. The van der Waals surface area contributed by atoms with Crippen molar-refractivity contribution in [3.05, 3.63) is 29.8 Å². The van der Waals surface area contributed by atoms with E-state index in [-0.39, 0.29) is 142 Å². The fraction of sp³-hybridized carbons (Fsp3) is 0.915. The minimum absolute atomic E-state index is 0. The molecule has 0 aliphatic heterocycles. The molecule has 0 amide bonds. The molecule has 34 heteroatoms. The van der Waals surface area contributed by atoms with Gasteiger partial charge in [0.15, 0.2) is 16.6 Å². The molecule has 0 bridgehead atoms. The zero-order valence-electron chi connectivity index (χ0n) is 72.2. The third-order valence-corrected chi connectivity index (χ3v) is 56.3. The number of hydrogen-bond donors (Lipinski definition) is 3. The quantitative estimate of drug-likeness (QED) is 0.0407. The summed E-state index contributed by atoms with van der Waals surface area (Å²) in [5.41, 5.74) is 1.24. The van der Waals surface area contributed by atoms with Crippen molar-refractivity contribution in [2.24, 2.45) is 5.92 Å². The summed E-state index contributed by atoms with van der Waals surface area (Å²) in [6.45, 7) is 78.4. The lowest BCUT2D eigenvalue weighted by molar-refractivity contribution is -0.146. The summed E-state index contributed by atoms with van der Waals surface area (Å²) in [6, 6.07) is 9.30. The van der Waals surface area contributed by atoms with Gasteiger partial charge in [-0.2, -0.15) is 11.8 Å². The van der Waals surface area contributed by atoms with E-state index >= 15 is 0 Å². The van der Waals surface area contributed by atoms with Crippen molar-refractivity contribution in [2.45, 2.75) is 414 Å². The second kappa shape index (κ2) is 86.5. The van der Waals surface area contributed by atoms with Crippen LogP contribution in [0.4, 0.5) is 0 Å². The van der Waals surface area contributed by atoms with Crippen molar-refractivity contribution in [1.82, 2.24) is 0 Å². The van der Waals surface area contributed by atoms with Gasteiger partial charge in [-0.3, -0.25) is 4.79 Å². The summed E-state index contributed by atoms with van der Waals surface area (Å²) < 4.78 is 101. The average Bonchev–Trinajstić information content (AvgIpc) is 0.803. The van der Waals surface area contributed by atoms with E-state index in [4.69, 9.17) is 79.1 Å². The van der Waals surface area contributed by atoms with Gasteiger partial charge in [-0.15, -0.1) is 0 Å². The van der Waals surface area contributed by atoms with Gasteiger partial charge in [0, 0.05) is 46.9 Å². The van der Waals surface area contributed by atoms with Gasteiger partial charge in [0.25, 0.3) is 0 Å². The molecule has 1 aromatic rings. The number of rotatable bonds is 45. The second-order valence-electron chi connectivity index (χ2n) is 30.6. The van der Waals surface area contributed by atoms with Gasteiger partial charge in [-0.05, 0) is 247 Å². The molecule has 1 aromatic carbocycles. The molecular formula is C82H222O21SSi12. The number of hydrogen-bond acceptors (Lipinski definition) is 22. The maximum absolute atomic E-state index is 11.0. The lowest BCUT2D eigenvalue weighted by Gasteiger charge is -2.44. The molecule has 4 atom stereocenters. The first kappa shape index (κ1) is 171. The topological polar surface area (TPSA) is 235 Å². The summed E-state index contributed by atoms with van der Waals surface area (Å²) in [5.74, 6) is 2.82.